The Morgan fingerprint density at radius 1 is 0.938 bits per heavy atom. The molecule has 0 unspecified atom stereocenters. The Bertz CT molecular complexity index is 191. The zero-order valence-electron chi connectivity index (χ0n) is 11.1. The Morgan fingerprint density at radius 2 is 1.44 bits per heavy atom. The van der Waals surface area contributed by atoms with Crippen molar-refractivity contribution in [1.29, 1.82) is 0 Å². The molecule has 4 heteroatoms. The van der Waals surface area contributed by atoms with Crippen LogP contribution in [-0.4, -0.2) is 46.1 Å². The van der Waals surface area contributed by atoms with E-state index in [1.54, 1.807) is 12.1 Å². The number of unbranched alkanes of at least 4 members (excludes halogenated alkanes) is 3. The monoisotopic (exact) mass is 250 g/mol. The van der Waals surface area contributed by atoms with Gasteiger partial charge in [-0.3, -0.25) is 0 Å². The van der Waals surface area contributed by atoms with Gasteiger partial charge in [-0.2, -0.15) is 0 Å². The molecule has 1 heterocycles. The van der Waals surface area contributed by atoms with Crippen LogP contribution in [0, 0.1) is 6.92 Å². The predicted octanol–water partition coefficient (Wildman–Crippen LogP) is 3.46. The van der Waals surface area contributed by atoms with Crippen molar-refractivity contribution in [3.05, 3.63) is 6.92 Å². The normalized spacial score (nSPS) is 23.1. The topological polar surface area (TPSA) is 3.24 Å². The zero-order valence-corrected chi connectivity index (χ0v) is 13.1. The van der Waals surface area contributed by atoms with Gasteiger partial charge in [0.1, 0.15) is 16.5 Å². The van der Waals surface area contributed by atoms with Gasteiger partial charge >= 0.3 is 18.9 Å². The standard InChI is InChI=1S/C12H28NSi2.Li.H/c1-6-7-8-9-10-13-14(2,3)11-12-15(13,4)5;;/h1,6-12H2,2-5H3;;. The van der Waals surface area contributed by atoms with Gasteiger partial charge in [-0.15, -0.1) is 0 Å². The number of rotatable bonds is 5. The molecule has 0 aromatic rings. The summed E-state index contributed by atoms with van der Waals surface area (Å²) in [6.07, 6.45) is 5.22. The van der Waals surface area contributed by atoms with Crippen LogP contribution in [0.2, 0.25) is 38.3 Å². The van der Waals surface area contributed by atoms with Crippen molar-refractivity contribution in [1.82, 2.24) is 4.23 Å². The van der Waals surface area contributed by atoms with Gasteiger partial charge in [0.05, 0.1) is 0 Å². The summed E-state index contributed by atoms with van der Waals surface area (Å²) < 4.78 is 2.99. The molecule has 0 atom stereocenters. The molecule has 1 aliphatic rings. The van der Waals surface area contributed by atoms with Crippen molar-refractivity contribution >= 4 is 35.3 Å². The van der Waals surface area contributed by atoms with Crippen LogP contribution in [0.4, 0.5) is 0 Å². The molecule has 0 bridgehead atoms. The van der Waals surface area contributed by atoms with E-state index in [9.17, 15) is 0 Å². The first-order chi connectivity index (χ1) is 6.90. The predicted molar refractivity (Wildman–Crippen MR) is 82.3 cm³/mol. The molecule has 0 amide bonds. The van der Waals surface area contributed by atoms with Crippen LogP contribution < -0.4 is 0 Å². The summed E-state index contributed by atoms with van der Waals surface area (Å²) in [5, 5.41) is 0. The van der Waals surface area contributed by atoms with Gasteiger partial charge in [0, 0.05) is 0 Å². The second-order valence-electron chi connectivity index (χ2n) is 6.19. The Labute approximate surface area is 117 Å². The zero-order chi connectivity index (χ0) is 11.5. The van der Waals surface area contributed by atoms with Crippen LogP contribution in [0.5, 0.6) is 0 Å². The van der Waals surface area contributed by atoms with E-state index in [0.29, 0.717) is 0 Å². The summed E-state index contributed by atoms with van der Waals surface area (Å²) in [5.41, 5.74) is 0. The molecule has 0 spiro atoms. The summed E-state index contributed by atoms with van der Waals surface area (Å²) >= 11 is 0. The summed E-state index contributed by atoms with van der Waals surface area (Å²) in [7, 11) is -1.97. The molecular weight excluding hydrogens is 221 g/mol. The van der Waals surface area contributed by atoms with E-state index in [2.05, 4.69) is 37.3 Å². The van der Waals surface area contributed by atoms with E-state index in [1.807, 2.05) is 0 Å². The van der Waals surface area contributed by atoms with E-state index in [-0.39, 0.29) is 18.9 Å². The second-order valence-corrected chi connectivity index (χ2v) is 16.0. The Morgan fingerprint density at radius 3 is 1.88 bits per heavy atom. The maximum atomic E-state index is 3.92. The molecule has 1 rings (SSSR count). The molecule has 0 saturated carbocycles. The van der Waals surface area contributed by atoms with E-state index in [1.165, 1.54) is 25.8 Å². The van der Waals surface area contributed by atoms with Crippen molar-refractivity contribution in [2.24, 2.45) is 0 Å². The summed E-state index contributed by atoms with van der Waals surface area (Å²) in [5.74, 6) is 0. The van der Waals surface area contributed by atoms with Crippen LogP contribution >= 0.6 is 0 Å². The van der Waals surface area contributed by atoms with Crippen molar-refractivity contribution in [2.45, 2.75) is 64.0 Å². The molecule has 1 aliphatic heterocycles. The Balaban J connectivity index is 0.00000225. The minimum absolute atomic E-state index is 0. The van der Waals surface area contributed by atoms with Crippen molar-refractivity contribution in [3.8, 4) is 0 Å². The molecule has 16 heavy (non-hydrogen) atoms. The first-order valence-electron chi connectivity index (χ1n) is 6.47. The molecule has 91 valence electrons. The molecule has 0 N–H and O–H groups in total. The van der Waals surface area contributed by atoms with E-state index < -0.39 is 16.5 Å². The van der Waals surface area contributed by atoms with Gasteiger partial charge in [-0.1, -0.05) is 52.4 Å². The fourth-order valence-electron chi connectivity index (χ4n) is 2.93. The summed E-state index contributed by atoms with van der Waals surface area (Å²) in [6.45, 7) is 15.6. The molecule has 0 aromatic carbocycles. The van der Waals surface area contributed by atoms with Gasteiger partial charge in [-0.25, -0.2) is 0 Å². The van der Waals surface area contributed by atoms with Gasteiger partial charge in [0.15, 0.2) is 0 Å². The Kier molecular flexibility index (Phi) is 7.22. The molecule has 1 nitrogen and oxygen atoms in total. The average molecular weight is 250 g/mol. The van der Waals surface area contributed by atoms with Gasteiger partial charge < -0.3 is 4.23 Å². The van der Waals surface area contributed by atoms with Crippen molar-refractivity contribution in [3.63, 3.8) is 0 Å². The van der Waals surface area contributed by atoms with Crippen LogP contribution in [-0.2, 0) is 0 Å². The number of nitrogens with zero attached hydrogens (tertiary/aromatic N) is 1. The fraction of sp³-hybridized carbons (Fsp3) is 0.917. The summed E-state index contributed by atoms with van der Waals surface area (Å²) in [4.78, 5) is 0. The Hall–Kier alpha value is 0.991. The first kappa shape index (κ1) is 17.0. The summed E-state index contributed by atoms with van der Waals surface area (Å²) in [6, 6.07) is 3.09. The third kappa shape index (κ3) is 4.34. The van der Waals surface area contributed by atoms with E-state index >= 15 is 0 Å². The third-order valence-electron chi connectivity index (χ3n) is 3.94. The molecule has 1 radical (unpaired) electrons. The first-order valence-corrected chi connectivity index (χ1v) is 12.8. The van der Waals surface area contributed by atoms with Crippen LogP contribution in [0.25, 0.3) is 0 Å². The van der Waals surface area contributed by atoms with Crippen LogP contribution in [0.3, 0.4) is 0 Å². The molecule has 0 aromatic heterocycles. The van der Waals surface area contributed by atoms with Crippen LogP contribution in [0.1, 0.15) is 25.7 Å². The van der Waals surface area contributed by atoms with Gasteiger partial charge in [0.2, 0.25) is 0 Å². The van der Waals surface area contributed by atoms with Crippen LogP contribution in [0.15, 0.2) is 0 Å². The number of hydrogen-bond donors (Lipinski definition) is 0. The molecule has 1 fully saturated rings. The van der Waals surface area contributed by atoms with E-state index in [0.717, 1.165) is 6.42 Å². The molecule has 1 saturated heterocycles. The quantitative estimate of drug-likeness (QED) is 0.533. The minimum atomic E-state index is -0.986. The fourth-order valence-corrected chi connectivity index (χ4v) is 17.1. The number of hydrogen-bond acceptors (Lipinski definition) is 1. The average Bonchev–Trinajstić information content (AvgIpc) is 2.33. The second kappa shape index (κ2) is 6.80. The third-order valence-corrected chi connectivity index (χ3v) is 14.4. The molecular formula is C12H29LiNSi2. The van der Waals surface area contributed by atoms with Crippen molar-refractivity contribution < 1.29 is 0 Å². The van der Waals surface area contributed by atoms with Crippen molar-refractivity contribution in [2.75, 3.05) is 6.54 Å². The van der Waals surface area contributed by atoms with E-state index in [4.69, 9.17) is 0 Å². The molecule has 0 aliphatic carbocycles. The van der Waals surface area contributed by atoms with Gasteiger partial charge in [-0.05, 0) is 25.1 Å². The maximum absolute atomic E-state index is 3.92. The van der Waals surface area contributed by atoms with Gasteiger partial charge in [0.25, 0.3) is 0 Å². The SMILES string of the molecule is [CH2]CCCCCN1[Si](C)(C)CC[Si]1(C)C.[LiH].